The molecule has 0 aliphatic heterocycles. The molecule has 3 N–H and O–H groups in total. The van der Waals surface area contributed by atoms with Gasteiger partial charge in [-0.1, -0.05) is 13.8 Å². The molecule has 2 rings (SSSR count). The van der Waals surface area contributed by atoms with Crippen molar-refractivity contribution in [2.45, 2.75) is 19.8 Å². The summed E-state index contributed by atoms with van der Waals surface area (Å²) >= 11 is 3.50. The molecule has 0 fully saturated rings. The number of aromatic nitrogens is 2. The Kier molecular flexibility index (Phi) is 4.44. The molecule has 0 atom stereocenters. The minimum absolute atomic E-state index is 0.225. The highest BCUT2D eigenvalue weighted by Crippen LogP contribution is 2.33. The van der Waals surface area contributed by atoms with Gasteiger partial charge in [-0.15, -0.1) is 0 Å². The molecule has 1 aromatic carbocycles. The zero-order chi connectivity index (χ0) is 14.7. The zero-order valence-electron chi connectivity index (χ0n) is 11.6. The van der Waals surface area contributed by atoms with Crippen molar-refractivity contribution in [1.29, 1.82) is 0 Å². The molecule has 0 aliphatic rings. The maximum atomic E-state index is 5.94. The average Bonchev–Trinajstić information content (AvgIpc) is 2.41. The summed E-state index contributed by atoms with van der Waals surface area (Å²) in [4.78, 5) is 8.34. The van der Waals surface area contributed by atoms with Gasteiger partial charge in [-0.2, -0.15) is 0 Å². The van der Waals surface area contributed by atoms with Gasteiger partial charge in [0.15, 0.2) is 0 Å². The summed E-state index contributed by atoms with van der Waals surface area (Å²) < 4.78 is 6.15. The standard InChI is InChI=1S/C14H17BrN4O/c1-8(2)12-13(16)17-7-18-14(12)19-11-6-9(20-3)4-5-10(11)15/h4-8H,1-3H3,(H3,16,17,18,19). The van der Waals surface area contributed by atoms with Gasteiger partial charge in [0.1, 0.15) is 23.7 Å². The van der Waals surface area contributed by atoms with Gasteiger partial charge in [-0.05, 0) is 34.0 Å². The molecule has 0 amide bonds. The van der Waals surface area contributed by atoms with Crippen LogP contribution in [0, 0.1) is 0 Å². The molecular formula is C14H17BrN4O. The monoisotopic (exact) mass is 336 g/mol. The lowest BCUT2D eigenvalue weighted by atomic mass is 10.0. The lowest BCUT2D eigenvalue weighted by molar-refractivity contribution is 0.415. The fourth-order valence-corrected chi connectivity index (χ4v) is 2.28. The molecular weight excluding hydrogens is 320 g/mol. The molecule has 0 bridgehead atoms. The second kappa shape index (κ2) is 6.09. The third-order valence-electron chi connectivity index (χ3n) is 2.92. The van der Waals surface area contributed by atoms with Crippen molar-refractivity contribution in [3.8, 4) is 5.75 Å². The van der Waals surface area contributed by atoms with E-state index < -0.39 is 0 Å². The van der Waals surface area contributed by atoms with Crippen LogP contribution in [0.4, 0.5) is 17.3 Å². The minimum Gasteiger partial charge on any atom is -0.497 e. The van der Waals surface area contributed by atoms with Gasteiger partial charge in [0.25, 0.3) is 0 Å². The predicted octanol–water partition coefficient (Wildman–Crippen LogP) is 3.70. The number of hydrogen-bond acceptors (Lipinski definition) is 5. The van der Waals surface area contributed by atoms with Crippen molar-refractivity contribution >= 4 is 33.3 Å². The van der Waals surface area contributed by atoms with Crippen molar-refractivity contribution in [3.05, 3.63) is 34.6 Å². The minimum atomic E-state index is 0.225. The van der Waals surface area contributed by atoms with Crippen LogP contribution in [0.2, 0.25) is 0 Å². The van der Waals surface area contributed by atoms with E-state index in [2.05, 4.69) is 45.1 Å². The van der Waals surface area contributed by atoms with Crippen LogP contribution in [0.1, 0.15) is 25.3 Å². The van der Waals surface area contributed by atoms with E-state index in [4.69, 9.17) is 10.5 Å². The Bertz CT molecular complexity index is 616. The number of benzene rings is 1. The Morgan fingerprint density at radius 2 is 2.05 bits per heavy atom. The second-order valence-corrected chi connectivity index (χ2v) is 5.50. The Labute approximate surface area is 126 Å². The first-order valence-electron chi connectivity index (χ1n) is 6.24. The summed E-state index contributed by atoms with van der Waals surface area (Å²) in [5.74, 6) is 2.20. The lowest BCUT2D eigenvalue weighted by Gasteiger charge is -2.16. The number of hydrogen-bond donors (Lipinski definition) is 2. The van der Waals surface area contributed by atoms with Crippen molar-refractivity contribution in [2.24, 2.45) is 0 Å². The summed E-state index contributed by atoms with van der Waals surface area (Å²) in [5, 5.41) is 3.28. The number of methoxy groups -OCH3 is 1. The van der Waals surface area contributed by atoms with Crippen molar-refractivity contribution in [3.63, 3.8) is 0 Å². The Morgan fingerprint density at radius 1 is 1.30 bits per heavy atom. The number of nitrogens with one attached hydrogen (secondary N) is 1. The normalized spacial score (nSPS) is 10.7. The van der Waals surface area contributed by atoms with Crippen molar-refractivity contribution in [2.75, 3.05) is 18.2 Å². The molecule has 106 valence electrons. The van der Waals surface area contributed by atoms with Crippen LogP contribution in [-0.2, 0) is 0 Å². The van der Waals surface area contributed by atoms with Crippen molar-refractivity contribution < 1.29 is 4.74 Å². The van der Waals surface area contributed by atoms with E-state index in [-0.39, 0.29) is 5.92 Å². The molecule has 0 radical (unpaired) electrons. The average molecular weight is 337 g/mol. The number of nitrogens with two attached hydrogens (primary N) is 1. The summed E-state index contributed by atoms with van der Waals surface area (Å²) in [6.07, 6.45) is 1.46. The van der Waals surface area contributed by atoms with Crippen LogP contribution in [0.3, 0.4) is 0 Å². The van der Waals surface area contributed by atoms with E-state index in [0.29, 0.717) is 11.6 Å². The maximum Gasteiger partial charge on any atom is 0.139 e. The number of nitrogens with zero attached hydrogens (tertiary/aromatic N) is 2. The molecule has 0 saturated heterocycles. The Balaban J connectivity index is 2.42. The third-order valence-corrected chi connectivity index (χ3v) is 3.61. The molecule has 1 heterocycles. The molecule has 0 spiro atoms. The zero-order valence-corrected chi connectivity index (χ0v) is 13.2. The van der Waals surface area contributed by atoms with Crippen LogP contribution in [0.5, 0.6) is 5.75 Å². The predicted molar refractivity (Wildman–Crippen MR) is 84.5 cm³/mol. The van der Waals surface area contributed by atoms with Crippen LogP contribution in [0.25, 0.3) is 0 Å². The second-order valence-electron chi connectivity index (χ2n) is 4.65. The molecule has 1 aromatic heterocycles. The Hall–Kier alpha value is -1.82. The molecule has 0 aliphatic carbocycles. The van der Waals surface area contributed by atoms with Crippen LogP contribution >= 0.6 is 15.9 Å². The topological polar surface area (TPSA) is 73.1 Å². The molecule has 0 unspecified atom stereocenters. The third kappa shape index (κ3) is 3.01. The molecule has 5 nitrogen and oxygen atoms in total. The number of rotatable bonds is 4. The lowest BCUT2D eigenvalue weighted by Crippen LogP contribution is -2.07. The number of ether oxygens (including phenoxy) is 1. The van der Waals surface area contributed by atoms with Gasteiger partial charge < -0.3 is 15.8 Å². The van der Waals surface area contributed by atoms with E-state index in [1.54, 1.807) is 7.11 Å². The van der Waals surface area contributed by atoms with E-state index >= 15 is 0 Å². The van der Waals surface area contributed by atoms with Crippen LogP contribution in [-0.4, -0.2) is 17.1 Å². The van der Waals surface area contributed by atoms with Gasteiger partial charge in [0.2, 0.25) is 0 Å². The molecule has 2 aromatic rings. The quantitative estimate of drug-likeness (QED) is 0.890. The summed E-state index contributed by atoms with van der Waals surface area (Å²) in [6, 6.07) is 5.69. The first-order chi connectivity index (χ1) is 9.52. The van der Waals surface area contributed by atoms with Gasteiger partial charge >= 0.3 is 0 Å². The van der Waals surface area contributed by atoms with Gasteiger partial charge in [0, 0.05) is 16.1 Å². The van der Waals surface area contributed by atoms with Crippen LogP contribution in [0.15, 0.2) is 29.0 Å². The van der Waals surface area contributed by atoms with E-state index in [0.717, 1.165) is 21.5 Å². The maximum absolute atomic E-state index is 5.94. The highest BCUT2D eigenvalue weighted by Gasteiger charge is 2.14. The van der Waals surface area contributed by atoms with E-state index in [9.17, 15) is 0 Å². The van der Waals surface area contributed by atoms with Gasteiger partial charge in [0.05, 0.1) is 12.8 Å². The van der Waals surface area contributed by atoms with E-state index in [1.165, 1.54) is 6.33 Å². The van der Waals surface area contributed by atoms with Crippen LogP contribution < -0.4 is 15.8 Å². The van der Waals surface area contributed by atoms with Gasteiger partial charge in [-0.25, -0.2) is 9.97 Å². The molecule has 20 heavy (non-hydrogen) atoms. The molecule has 6 heteroatoms. The number of halogens is 1. The molecule has 0 saturated carbocycles. The first-order valence-corrected chi connectivity index (χ1v) is 7.03. The number of anilines is 3. The summed E-state index contributed by atoms with van der Waals surface area (Å²) in [7, 11) is 1.63. The smallest absolute Gasteiger partial charge is 0.139 e. The SMILES string of the molecule is COc1ccc(Br)c(Nc2ncnc(N)c2C(C)C)c1. The fraction of sp³-hybridized carbons (Fsp3) is 0.286. The Morgan fingerprint density at radius 3 is 2.70 bits per heavy atom. The van der Waals surface area contributed by atoms with E-state index in [1.807, 2.05) is 18.2 Å². The largest absolute Gasteiger partial charge is 0.497 e. The number of nitrogen functional groups attached to an aromatic ring is 1. The first kappa shape index (κ1) is 14.6. The highest BCUT2D eigenvalue weighted by molar-refractivity contribution is 9.10. The van der Waals surface area contributed by atoms with Crippen molar-refractivity contribution in [1.82, 2.24) is 9.97 Å². The highest BCUT2D eigenvalue weighted by atomic mass is 79.9. The summed E-state index contributed by atoms with van der Waals surface area (Å²) in [5.41, 5.74) is 7.71. The van der Waals surface area contributed by atoms with Gasteiger partial charge in [-0.3, -0.25) is 0 Å². The summed E-state index contributed by atoms with van der Waals surface area (Å²) in [6.45, 7) is 4.11. The fourth-order valence-electron chi connectivity index (χ4n) is 1.93.